The fraction of sp³-hybridized carbons (Fsp3) is 1.00. The van der Waals surface area contributed by atoms with Crippen molar-refractivity contribution in [1.82, 2.24) is 4.90 Å². The maximum Gasteiger partial charge on any atom is 0.267 e. The van der Waals surface area contributed by atoms with Crippen molar-refractivity contribution in [2.75, 3.05) is 20.6 Å². The van der Waals surface area contributed by atoms with E-state index in [-0.39, 0.29) is 0 Å². The zero-order chi connectivity index (χ0) is 16.8. The maximum atomic E-state index is 11.4. The molecule has 1 N–H and O–H groups in total. The third kappa shape index (κ3) is 13.5. The Labute approximate surface area is 138 Å². The van der Waals surface area contributed by atoms with Gasteiger partial charge in [-0.3, -0.25) is 4.55 Å². The van der Waals surface area contributed by atoms with Gasteiger partial charge in [-0.1, -0.05) is 71.1 Å². The Kier molecular flexibility index (Phi) is 13.2. The van der Waals surface area contributed by atoms with Gasteiger partial charge in [0, 0.05) is 0 Å². The third-order valence-electron chi connectivity index (χ3n) is 4.20. The molecule has 0 aromatic carbocycles. The number of hydrogen-bond acceptors (Lipinski definition) is 3. The molecule has 0 aromatic rings. The van der Waals surface area contributed by atoms with Crippen LogP contribution in [0.5, 0.6) is 0 Å². The first-order valence-corrected chi connectivity index (χ1v) is 10.5. The molecule has 0 aliphatic rings. The van der Waals surface area contributed by atoms with Crippen LogP contribution in [0.3, 0.4) is 0 Å². The van der Waals surface area contributed by atoms with Crippen LogP contribution in [0.2, 0.25) is 0 Å². The van der Waals surface area contributed by atoms with Crippen molar-refractivity contribution in [2.45, 2.75) is 89.2 Å². The monoisotopic (exact) mass is 335 g/mol. The normalized spacial score (nSPS) is 13.7. The number of nitrogens with zero attached hydrogens (tertiary/aromatic N) is 1. The summed E-state index contributed by atoms with van der Waals surface area (Å²) < 4.78 is 32.0. The fourth-order valence-electron chi connectivity index (χ4n) is 2.70. The summed E-state index contributed by atoms with van der Waals surface area (Å²) in [5.74, 6) is 0. The smallest absolute Gasteiger partial charge is 0.267 e. The van der Waals surface area contributed by atoms with Crippen LogP contribution in [0.4, 0.5) is 0 Å². The van der Waals surface area contributed by atoms with E-state index in [1.165, 1.54) is 51.4 Å². The lowest BCUT2D eigenvalue weighted by Crippen LogP contribution is -2.26. The quantitative estimate of drug-likeness (QED) is 0.353. The van der Waals surface area contributed by atoms with E-state index in [9.17, 15) is 13.0 Å². The van der Waals surface area contributed by atoms with Gasteiger partial charge in [-0.25, -0.2) is 0 Å². The molecule has 0 aromatic heterocycles. The Morgan fingerprint density at radius 3 is 1.68 bits per heavy atom. The van der Waals surface area contributed by atoms with Gasteiger partial charge in [0.15, 0.2) is 0 Å². The molecule has 5 heteroatoms. The molecular formula is C17H37NO3S. The van der Waals surface area contributed by atoms with Crippen molar-refractivity contribution < 1.29 is 13.0 Å². The van der Waals surface area contributed by atoms with Gasteiger partial charge in [0.1, 0.15) is 0 Å². The molecule has 0 spiro atoms. The van der Waals surface area contributed by atoms with Gasteiger partial charge in [-0.15, -0.1) is 0 Å². The molecule has 1 atom stereocenters. The van der Waals surface area contributed by atoms with Gasteiger partial charge in [-0.05, 0) is 33.5 Å². The van der Waals surface area contributed by atoms with Crippen molar-refractivity contribution >= 4 is 10.1 Å². The fourth-order valence-corrected chi connectivity index (χ4v) is 3.57. The highest BCUT2D eigenvalue weighted by Crippen LogP contribution is 2.16. The highest BCUT2D eigenvalue weighted by molar-refractivity contribution is 7.86. The van der Waals surface area contributed by atoms with Crippen LogP contribution in [0.1, 0.15) is 84.0 Å². The van der Waals surface area contributed by atoms with Crippen LogP contribution >= 0.6 is 0 Å². The topological polar surface area (TPSA) is 57.6 Å². The maximum absolute atomic E-state index is 11.4. The first-order chi connectivity index (χ1) is 10.4. The molecule has 0 aliphatic heterocycles. The number of unbranched alkanes of at least 4 members (excludes halogenated alkanes) is 9. The first-order valence-electron chi connectivity index (χ1n) is 8.99. The Balaban J connectivity index is 3.64. The standard InChI is InChI=1S/C17H37NO3S/c1-4-5-6-7-8-9-10-11-12-13-14-17(22(19,20)21)15-16-18(2)3/h17H,4-16H2,1-3H3,(H,19,20,21). The average Bonchev–Trinajstić information content (AvgIpc) is 2.42. The molecule has 0 fully saturated rings. The van der Waals surface area contributed by atoms with E-state index in [0.717, 1.165) is 12.8 Å². The van der Waals surface area contributed by atoms with E-state index in [2.05, 4.69) is 6.92 Å². The predicted molar refractivity (Wildman–Crippen MR) is 95.0 cm³/mol. The SMILES string of the molecule is CCCCCCCCCCCCC(CCN(C)C)S(=O)(=O)O. The second-order valence-corrected chi connectivity index (χ2v) is 8.40. The minimum Gasteiger partial charge on any atom is -0.309 e. The summed E-state index contributed by atoms with van der Waals surface area (Å²) in [6.45, 7) is 2.93. The number of hydrogen-bond donors (Lipinski definition) is 1. The third-order valence-corrected chi connectivity index (χ3v) is 5.51. The summed E-state index contributed by atoms with van der Waals surface area (Å²) in [5.41, 5.74) is 0. The molecule has 0 saturated carbocycles. The van der Waals surface area contributed by atoms with Gasteiger partial charge >= 0.3 is 0 Å². The van der Waals surface area contributed by atoms with Crippen LogP contribution < -0.4 is 0 Å². The van der Waals surface area contributed by atoms with E-state index in [1.54, 1.807) is 0 Å². The van der Waals surface area contributed by atoms with E-state index < -0.39 is 15.4 Å². The summed E-state index contributed by atoms with van der Waals surface area (Å²) in [7, 11) is -0.0611. The van der Waals surface area contributed by atoms with Crippen LogP contribution in [0.25, 0.3) is 0 Å². The van der Waals surface area contributed by atoms with Gasteiger partial charge in [0.05, 0.1) is 5.25 Å². The van der Waals surface area contributed by atoms with E-state index in [1.807, 2.05) is 19.0 Å². The summed E-state index contributed by atoms with van der Waals surface area (Å²) in [5, 5.41) is -0.594. The van der Waals surface area contributed by atoms with Crippen molar-refractivity contribution in [3.8, 4) is 0 Å². The van der Waals surface area contributed by atoms with Gasteiger partial charge in [-0.2, -0.15) is 8.42 Å². The predicted octanol–water partition coefficient (Wildman–Crippen LogP) is 4.51. The second-order valence-electron chi connectivity index (χ2n) is 6.70. The van der Waals surface area contributed by atoms with Crippen LogP contribution in [-0.4, -0.2) is 43.8 Å². The average molecular weight is 336 g/mol. The Bertz CT molecular complexity index is 342. The zero-order valence-corrected chi connectivity index (χ0v) is 15.7. The van der Waals surface area contributed by atoms with Crippen LogP contribution in [0, 0.1) is 0 Å². The van der Waals surface area contributed by atoms with Crippen molar-refractivity contribution in [1.29, 1.82) is 0 Å². The molecule has 0 heterocycles. The summed E-state index contributed by atoms with van der Waals surface area (Å²) >= 11 is 0. The molecule has 0 radical (unpaired) electrons. The summed E-state index contributed by atoms with van der Waals surface area (Å²) in [6, 6.07) is 0. The van der Waals surface area contributed by atoms with Crippen molar-refractivity contribution in [3.63, 3.8) is 0 Å². The lowest BCUT2D eigenvalue weighted by molar-refractivity contribution is 0.377. The molecule has 0 amide bonds. The Hall–Kier alpha value is -0.130. The molecule has 1 unspecified atom stereocenters. The Morgan fingerprint density at radius 2 is 1.27 bits per heavy atom. The molecule has 0 saturated heterocycles. The van der Waals surface area contributed by atoms with E-state index >= 15 is 0 Å². The van der Waals surface area contributed by atoms with Crippen molar-refractivity contribution in [2.24, 2.45) is 0 Å². The summed E-state index contributed by atoms with van der Waals surface area (Å²) in [6.07, 6.45) is 13.5. The van der Waals surface area contributed by atoms with Gasteiger partial charge in [0.25, 0.3) is 10.1 Å². The summed E-state index contributed by atoms with van der Waals surface area (Å²) in [4.78, 5) is 1.96. The first kappa shape index (κ1) is 21.9. The lowest BCUT2D eigenvalue weighted by atomic mass is 10.0. The number of rotatable bonds is 15. The zero-order valence-electron chi connectivity index (χ0n) is 14.9. The molecule has 4 nitrogen and oxygen atoms in total. The largest absolute Gasteiger partial charge is 0.309 e. The molecule has 0 rings (SSSR count). The molecular weight excluding hydrogens is 298 g/mol. The highest BCUT2D eigenvalue weighted by Gasteiger charge is 2.22. The lowest BCUT2D eigenvalue weighted by Gasteiger charge is -2.16. The molecule has 0 aliphatic carbocycles. The Morgan fingerprint density at radius 1 is 0.818 bits per heavy atom. The van der Waals surface area contributed by atoms with Gasteiger partial charge in [0.2, 0.25) is 0 Å². The van der Waals surface area contributed by atoms with E-state index in [0.29, 0.717) is 19.4 Å². The van der Waals surface area contributed by atoms with Gasteiger partial charge < -0.3 is 4.90 Å². The molecule has 22 heavy (non-hydrogen) atoms. The molecule has 134 valence electrons. The second kappa shape index (κ2) is 13.3. The minimum absolute atomic E-state index is 0.517. The molecule has 0 bridgehead atoms. The van der Waals surface area contributed by atoms with Crippen LogP contribution in [-0.2, 0) is 10.1 Å². The minimum atomic E-state index is -3.90. The van der Waals surface area contributed by atoms with Crippen LogP contribution in [0.15, 0.2) is 0 Å². The van der Waals surface area contributed by atoms with Crippen molar-refractivity contribution in [3.05, 3.63) is 0 Å². The highest BCUT2D eigenvalue weighted by atomic mass is 32.2. The van der Waals surface area contributed by atoms with E-state index in [4.69, 9.17) is 0 Å².